The van der Waals surface area contributed by atoms with Gasteiger partial charge in [-0.15, -0.1) is 0 Å². The van der Waals surface area contributed by atoms with E-state index in [1.54, 1.807) is 6.92 Å². The summed E-state index contributed by atoms with van der Waals surface area (Å²) < 4.78 is 0. The topological polar surface area (TPSA) is 77.8 Å². The molecule has 0 aliphatic rings. The van der Waals surface area contributed by atoms with Gasteiger partial charge in [0, 0.05) is 6.42 Å². The minimum Gasteiger partial charge on any atom is -0.394 e. The first-order valence-electron chi connectivity index (χ1n) is 4.11. The second-order valence-corrected chi connectivity index (χ2v) is 2.77. The number of carbonyl (C=O) groups excluding carboxylic acids is 1. The minimum absolute atomic E-state index is 0.122. The Morgan fingerprint density at radius 1 is 1.42 bits per heavy atom. The number of ketones is 1. The minimum atomic E-state index is -0.920. The summed E-state index contributed by atoms with van der Waals surface area (Å²) in [5.74, 6) is -0.273. The molecule has 0 radical (unpaired) electrons. The van der Waals surface area contributed by atoms with E-state index in [1.807, 2.05) is 0 Å². The van der Waals surface area contributed by atoms with Crippen molar-refractivity contribution in [1.29, 1.82) is 0 Å². The quantitative estimate of drug-likeness (QED) is 0.508. The Kier molecular flexibility index (Phi) is 5.88. The fourth-order valence-corrected chi connectivity index (χ4v) is 0.794. The van der Waals surface area contributed by atoms with Gasteiger partial charge < -0.3 is 15.3 Å². The summed E-state index contributed by atoms with van der Waals surface area (Å²) in [6.45, 7) is 1.38. The van der Waals surface area contributed by atoms with Crippen LogP contribution in [0.4, 0.5) is 0 Å². The van der Waals surface area contributed by atoms with Crippen molar-refractivity contribution < 1.29 is 20.1 Å². The van der Waals surface area contributed by atoms with Crippen LogP contribution >= 0.6 is 0 Å². The van der Waals surface area contributed by atoms with E-state index in [1.165, 1.54) is 0 Å². The van der Waals surface area contributed by atoms with E-state index in [2.05, 4.69) is 0 Å². The van der Waals surface area contributed by atoms with E-state index in [9.17, 15) is 4.79 Å². The molecule has 0 saturated carbocycles. The average molecular weight is 176 g/mol. The highest BCUT2D eigenvalue weighted by atomic mass is 16.3. The Morgan fingerprint density at radius 3 is 2.42 bits per heavy atom. The highest BCUT2D eigenvalue weighted by Crippen LogP contribution is 2.02. The molecule has 0 aromatic rings. The summed E-state index contributed by atoms with van der Waals surface area (Å²) >= 11 is 0. The molecule has 2 atom stereocenters. The van der Waals surface area contributed by atoms with E-state index >= 15 is 0 Å². The molecule has 4 heteroatoms. The van der Waals surface area contributed by atoms with Crippen LogP contribution in [0.25, 0.3) is 0 Å². The molecule has 0 aromatic heterocycles. The van der Waals surface area contributed by atoms with Crippen molar-refractivity contribution in [1.82, 2.24) is 0 Å². The molecule has 12 heavy (non-hydrogen) atoms. The van der Waals surface area contributed by atoms with Gasteiger partial charge >= 0.3 is 0 Å². The van der Waals surface area contributed by atoms with Gasteiger partial charge in [0.05, 0.1) is 12.7 Å². The second-order valence-electron chi connectivity index (χ2n) is 2.77. The number of hydrogen-bond donors (Lipinski definition) is 3. The first-order chi connectivity index (χ1) is 5.61. The van der Waals surface area contributed by atoms with E-state index < -0.39 is 12.2 Å². The van der Waals surface area contributed by atoms with E-state index in [4.69, 9.17) is 15.3 Å². The van der Waals surface area contributed by atoms with Crippen LogP contribution in [0, 0.1) is 0 Å². The van der Waals surface area contributed by atoms with Gasteiger partial charge in [-0.1, -0.05) is 6.92 Å². The molecule has 0 spiro atoms. The SMILES string of the molecule is CCC(O)C(=O)CCC(O)CO. The Morgan fingerprint density at radius 2 is 2.00 bits per heavy atom. The predicted molar refractivity (Wildman–Crippen MR) is 43.6 cm³/mol. The van der Waals surface area contributed by atoms with Gasteiger partial charge in [0.25, 0.3) is 0 Å². The predicted octanol–water partition coefficient (Wildman–Crippen LogP) is -0.540. The van der Waals surface area contributed by atoms with Crippen molar-refractivity contribution in [2.75, 3.05) is 6.61 Å². The van der Waals surface area contributed by atoms with Crippen LogP contribution < -0.4 is 0 Å². The molecule has 0 heterocycles. The van der Waals surface area contributed by atoms with Gasteiger partial charge in [-0.3, -0.25) is 4.79 Å². The lowest BCUT2D eigenvalue weighted by molar-refractivity contribution is -0.127. The van der Waals surface area contributed by atoms with Gasteiger partial charge in [-0.25, -0.2) is 0 Å². The standard InChI is InChI=1S/C8H16O4/c1-2-7(11)8(12)4-3-6(10)5-9/h6-7,9-11H,2-5H2,1H3. The summed E-state index contributed by atoms with van der Waals surface area (Å²) in [6.07, 6.45) is -1.04. The molecular formula is C8H16O4. The largest absolute Gasteiger partial charge is 0.394 e. The molecule has 0 aliphatic heterocycles. The Balaban J connectivity index is 3.56. The van der Waals surface area contributed by atoms with Gasteiger partial charge in [-0.05, 0) is 12.8 Å². The van der Waals surface area contributed by atoms with Crippen molar-refractivity contribution in [3.63, 3.8) is 0 Å². The number of aliphatic hydroxyl groups is 3. The van der Waals surface area contributed by atoms with Crippen LogP contribution in [0.3, 0.4) is 0 Å². The molecular weight excluding hydrogens is 160 g/mol. The fourth-order valence-electron chi connectivity index (χ4n) is 0.794. The Bertz CT molecular complexity index is 135. The van der Waals surface area contributed by atoms with Crippen LogP contribution in [0.15, 0.2) is 0 Å². The number of Topliss-reactive ketones (excluding diaryl/α,β-unsaturated/α-hetero) is 1. The van der Waals surface area contributed by atoms with E-state index in [0.717, 1.165) is 0 Å². The van der Waals surface area contributed by atoms with E-state index in [-0.39, 0.29) is 25.2 Å². The maximum atomic E-state index is 11.0. The molecule has 0 aromatic carbocycles. The van der Waals surface area contributed by atoms with Crippen LogP contribution in [0.5, 0.6) is 0 Å². The maximum Gasteiger partial charge on any atom is 0.161 e. The first-order valence-corrected chi connectivity index (χ1v) is 4.11. The lowest BCUT2D eigenvalue weighted by Crippen LogP contribution is -2.22. The monoisotopic (exact) mass is 176 g/mol. The zero-order valence-corrected chi connectivity index (χ0v) is 7.23. The number of rotatable bonds is 6. The molecule has 2 unspecified atom stereocenters. The molecule has 0 bridgehead atoms. The van der Waals surface area contributed by atoms with Gasteiger partial charge in [0.15, 0.2) is 5.78 Å². The molecule has 0 fully saturated rings. The molecule has 0 rings (SSSR count). The lowest BCUT2D eigenvalue weighted by Gasteiger charge is -2.08. The molecule has 0 saturated heterocycles. The van der Waals surface area contributed by atoms with Crippen molar-refractivity contribution in [2.24, 2.45) is 0 Å². The number of hydrogen-bond acceptors (Lipinski definition) is 4. The average Bonchev–Trinajstić information content (AvgIpc) is 2.11. The second kappa shape index (κ2) is 6.11. The third-order valence-electron chi connectivity index (χ3n) is 1.69. The normalized spacial score (nSPS) is 15.7. The van der Waals surface area contributed by atoms with Crippen molar-refractivity contribution in [3.05, 3.63) is 0 Å². The maximum absolute atomic E-state index is 11.0. The third-order valence-corrected chi connectivity index (χ3v) is 1.69. The zero-order valence-electron chi connectivity index (χ0n) is 7.23. The summed E-state index contributed by atoms with van der Waals surface area (Å²) in [7, 11) is 0. The van der Waals surface area contributed by atoms with Crippen LogP contribution in [-0.4, -0.2) is 39.9 Å². The van der Waals surface area contributed by atoms with Crippen molar-refractivity contribution >= 4 is 5.78 Å². The molecule has 0 aliphatic carbocycles. The highest BCUT2D eigenvalue weighted by molar-refractivity contribution is 5.82. The lowest BCUT2D eigenvalue weighted by atomic mass is 10.1. The molecule has 72 valence electrons. The van der Waals surface area contributed by atoms with Gasteiger partial charge in [0.1, 0.15) is 6.10 Å². The summed E-state index contributed by atoms with van der Waals surface area (Å²) in [4.78, 5) is 11.0. The summed E-state index contributed by atoms with van der Waals surface area (Å²) in [6, 6.07) is 0. The van der Waals surface area contributed by atoms with E-state index in [0.29, 0.717) is 6.42 Å². The highest BCUT2D eigenvalue weighted by Gasteiger charge is 2.13. The number of aliphatic hydroxyl groups excluding tert-OH is 3. The van der Waals surface area contributed by atoms with Crippen molar-refractivity contribution in [3.8, 4) is 0 Å². The van der Waals surface area contributed by atoms with Crippen LogP contribution in [0.1, 0.15) is 26.2 Å². The molecule has 3 N–H and O–H groups in total. The Hall–Kier alpha value is -0.450. The molecule has 0 amide bonds. The van der Waals surface area contributed by atoms with Crippen LogP contribution in [0.2, 0.25) is 0 Å². The van der Waals surface area contributed by atoms with Crippen molar-refractivity contribution in [2.45, 2.75) is 38.4 Å². The van der Waals surface area contributed by atoms with Gasteiger partial charge in [-0.2, -0.15) is 0 Å². The summed E-state index contributed by atoms with van der Waals surface area (Å²) in [5.41, 5.74) is 0. The summed E-state index contributed by atoms with van der Waals surface area (Å²) in [5, 5.41) is 26.3. The fraction of sp³-hybridized carbons (Fsp3) is 0.875. The van der Waals surface area contributed by atoms with Crippen LogP contribution in [-0.2, 0) is 4.79 Å². The smallest absolute Gasteiger partial charge is 0.161 e. The Labute approximate surface area is 71.8 Å². The number of carbonyl (C=O) groups is 1. The zero-order chi connectivity index (χ0) is 9.56. The third kappa shape index (κ3) is 4.43. The molecule has 4 nitrogen and oxygen atoms in total. The first kappa shape index (κ1) is 11.6. The van der Waals surface area contributed by atoms with Gasteiger partial charge in [0.2, 0.25) is 0 Å².